The number of alkyl halides is 1. The van der Waals surface area contributed by atoms with E-state index in [1.807, 2.05) is 0 Å². The zero-order chi connectivity index (χ0) is 12.9. The molecule has 1 amide bonds. The van der Waals surface area contributed by atoms with Crippen LogP contribution in [0.25, 0.3) is 0 Å². The Morgan fingerprint density at radius 3 is 2.71 bits per heavy atom. The standard InChI is InChI=1S/C12H16BrNO3/c1-12(2,7-15)14-11(16)9-5-3-4-6-10(9)17-8-13/h3-6,15H,7-8H2,1-2H3,(H,14,16). The van der Waals surface area contributed by atoms with Crippen LogP contribution in [-0.4, -0.2) is 28.7 Å². The summed E-state index contributed by atoms with van der Waals surface area (Å²) in [4.78, 5) is 12.0. The van der Waals surface area contributed by atoms with Gasteiger partial charge in [0.1, 0.15) is 11.3 Å². The summed E-state index contributed by atoms with van der Waals surface area (Å²) in [5.74, 6) is 0.246. The molecule has 0 aliphatic heterocycles. The van der Waals surface area contributed by atoms with Crippen LogP contribution in [0.1, 0.15) is 24.2 Å². The van der Waals surface area contributed by atoms with E-state index in [1.165, 1.54) is 0 Å². The van der Waals surface area contributed by atoms with Crippen LogP contribution in [0.3, 0.4) is 0 Å². The Bertz CT molecular complexity index is 393. The molecular formula is C12H16BrNO3. The fourth-order valence-electron chi connectivity index (χ4n) is 1.25. The normalized spacial score (nSPS) is 11.1. The highest BCUT2D eigenvalue weighted by Gasteiger charge is 2.21. The molecule has 4 nitrogen and oxygen atoms in total. The molecule has 0 aromatic heterocycles. The summed E-state index contributed by atoms with van der Waals surface area (Å²) in [6.07, 6.45) is 0. The third kappa shape index (κ3) is 4.02. The topological polar surface area (TPSA) is 58.6 Å². The van der Waals surface area contributed by atoms with Crippen molar-refractivity contribution in [2.75, 3.05) is 12.1 Å². The third-order valence-electron chi connectivity index (χ3n) is 2.19. The number of aliphatic hydroxyl groups excluding tert-OH is 1. The number of hydrogen-bond acceptors (Lipinski definition) is 3. The van der Waals surface area contributed by atoms with Gasteiger partial charge in [0.05, 0.1) is 17.7 Å². The lowest BCUT2D eigenvalue weighted by molar-refractivity contribution is 0.0866. The van der Waals surface area contributed by atoms with Gasteiger partial charge in [0.2, 0.25) is 0 Å². The first-order valence-corrected chi connectivity index (χ1v) is 6.33. The van der Waals surface area contributed by atoms with E-state index in [0.717, 1.165) is 0 Å². The van der Waals surface area contributed by atoms with E-state index in [1.54, 1.807) is 38.1 Å². The van der Waals surface area contributed by atoms with Crippen molar-refractivity contribution in [2.45, 2.75) is 19.4 Å². The molecule has 0 unspecified atom stereocenters. The van der Waals surface area contributed by atoms with Gasteiger partial charge < -0.3 is 15.2 Å². The van der Waals surface area contributed by atoms with E-state index in [0.29, 0.717) is 16.8 Å². The van der Waals surface area contributed by atoms with Gasteiger partial charge in [0.25, 0.3) is 5.91 Å². The molecule has 1 aromatic carbocycles. The molecule has 1 rings (SSSR count). The molecule has 0 aliphatic carbocycles. The Morgan fingerprint density at radius 2 is 2.12 bits per heavy atom. The smallest absolute Gasteiger partial charge is 0.255 e. The van der Waals surface area contributed by atoms with E-state index in [9.17, 15) is 4.79 Å². The van der Waals surface area contributed by atoms with Gasteiger partial charge in [0.15, 0.2) is 0 Å². The van der Waals surface area contributed by atoms with Gasteiger partial charge in [-0.1, -0.05) is 12.1 Å². The van der Waals surface area contributed by atoms with Crippen LogP contribution in [0.4, 0.5) is 0 Å². The number of para-hydroxylation sites is 1. The van der Waals surface area contributed by atoms with Crippen molar-refractivity contribution in [3.05, 3.63) is 29.8 Å². The number of hydrogen-bond donors (Lipinski definition) is 2. The monoisotopic (exact) mass is 301 g/mol. The average Bonchev–Trinajstić information content (AvgIpc) is 2.29. The molecule has 1 aromatic rings. The highest BCUT2D eigenvalue weighted by Crippen LogP contribution is 2.19. The molecular weight excluding hydrogens is 286 g/mol. The Hall–Kier alpha value is -1.07. The minimum absolute atomic E-state index is 0.125. The number of ether oxygens (including phenoxy) is 1. The second-order valence-corrected chi connectivity index (χ2v) is 4.70. The van der Waals surface area contributed by atoms with Crippen molar-refractivity contribution < 1.29 is 14.6 Å². The lowest BCUT2D eigenvalue weighted by Gasteiger charge is -2.24. The van der Waals surface area contributed by atoms with Crippen LogP contribution in [0.5, 0.6) is 5.75 Å². The zero-order valence-electron chi connectivity index (χ0n) is 9.87. The number of benzene rings is 1. The fraction of sp³-hybridized carbons (Fsp3) is 0.417. The fourth-order valence-corrected chi connectivity index (χ4v) is 1.50. The maximum absolute atomic E-state index is 12.0. The van der Waals surface area contributed by atoms with Crippen molar-refractivity contribution in [1.82, 2.24) is 5.32 Å². The number of aliphatic hydroxyl groups is 1. The molecule has 0 atom stereocenters. The Balaban J connectivity index is 2.88. The van der Waals surface area contributed by atoms with Crippen molar-refractivity contribution >= 4 is 21.8 Å². The Kier molecular flexibility index (Phi) is 4.96. The molecule has 5 heteroatoms. The summed E-state index contributed by atoms with van der Waals surface area (Å²) in [6, 6.07) is 6.97. The molecule has 0 aliphatic rings. The number of carbonyl (C=O) groups excluding carboxylic acids is 1. The largest absolute Gasteiger partial charge is 0.482 e. The van der Waals surface area contributed by atoms with E-state index >= 15 is 0 Å². The average molecular weight is 302 g/mol. The molecule has 17 heavy (non-hydrogen) atoms. The Morgan fingerprint density at radius 1 is 1.47 bits per heavy atom. The second kappa shape index (κ2) is 6.02. The van der Waals surface area contributed by atoms with Crippen LogP contribution in [0, 0.1) is 0 Å². The van der Waals surface area contributed by atoms with Gasteiger partial charge in [-0.2, -0.15) is 0 Å². The summed E-state index contributed by atoms with van der Waals surface area (Å²) in [5.41, 5.74) is 0.118. The van der Waals surface area contributed by atoms with Crippen molar-refractivity contribution in [2.24, 2.45) is 0 Å². The molecule has 0 spiro atoms. The number of carbonyl (C=O) groups is 1. The van der Waals surface area contributed by atoms with Crippen LogP contribution in [0.2, 0.25) is 0 Å². The maximum atomic E-state index is 12.0. The minimum atomic E-state index is -0.654. The van der Waals surface area contributed by atoms with Crippen LogP contribution in [0.15, 0.2) is 24.3 Å². The first-order valence-electron chi connectivity index (χ1n) is 5.21. The molecule has 94 valence electrons. The SMILES string of the molecule is CC(C)(CO)NC(=O)c1ccccc1OCBr. The van der Waals surface area contributed by atoms with E-state index < -0.39 is 5.54 Å². The van der Waals surface area contributed by atoms with Gasteiger partial charge in [-0.25, -0.2) is 0 Å². The van der Waals surface area contributed by atoms with Crippen molar-refractivity contribution in [3.8, 4) is 5.75 Å². The van der Waals surface area contributed by atoms with E-state index in [-0.39, 0.29) is 12.5 Å². The molecule has 2 N–H and O–H groups in total. The summed E-state index contributed by atoms with van der Waals surface area (Å²) < 4.78 is 5.30. The lowest BCUT2D eigenvalue weighted by Crippen LogP contribution is -2.46. The second-order valence-electron chi connectivity index (χ2n) is 4.25. The first-order chi connectivity index (χ1) is 8.00. The number of amides is 1. The highest BCUT2D eigenvalue weighted by molar-refractivity contribution is 9.09. The molecule has 0 bridgehead atoms. The maximum Gasteiger partial charge on any atom is 0.255 e. The summed E-state index contributed by atoms with van der Waals surface area (Å²) in [7, 11) is 0. The predicted octanol–water partition coefficient (Wildman–Crippen LogP) is 1.92. The predicted molar refractivity (Wildman–Crippen MR) is 69.5 cm³/mol. The number of halogens is 1. The van der Waals surface area contributed by atoms with Gasteiger partial charge in [-0.05, 0) is 41.9 Å². The van der Waals surface area contributed by atoms with Gasteiger partial charge in [0, 0.05) is 0 Å². The van der Waals surface area contributed by atoms with Crippen LogP contribution < -0.4 is 10.1 Å². The van der Waals surface area contributed by atoms with E-state index in [2.05, 4.69) is 21.2 Å². The number of rotatable bonds is 5. The lowest BCUT2D eigenvalue weighted by atomic mass is 10.1. The molecule has 0 heterocycles. The quantitative estimate of drug-likeness (QED) is 0.817. The van der Waals surface area contributed by atoms with Gasteiger partial charge >= 0.3 is 0 Å². The van der Waals surface area contributed by atoms with Crippen LogP contribution in [-0.2, 0) is 0 Å². The summed E-state index contributed by atoms with van der Waals surface area (Å²) in [6.45, 7) is 3.37. The Labute approximate surface area is 109 Å². The van der Waals surface area contributed by atoms with Gasteiger partial charge in [-0.15, -0.1) is 0 Å². The molecule has 0 radical (unpaired) electrons. The zero-order valence-corrected chi connectivity index (χ0v) is 11.5. The van der Waals surface area contributed by atoms with Crippen molar-refractivity contribution in [1.29, 1.82) is 0 Å². The number of nitrogens with one attached hydrogen (secondary N) is 1. The van der Waals surface area contributed by atoms with Crippen LogP contribution >= 0.6 is 15.9 Å². The summed E-state index contributed by atoms with van der Waals surface area (Å²) in [5, 5.41) is 11.8. The molecule has 0 saturated carbocycles. The molecule has 0 saturated heterocycles. The molecule has 0 fully saturated rings. The highest BCUT2D eigenvalue weighted by atomic mass is 79.9. The summed E-state index contributed by atoms with van der Waals surface area (Å²) >= 11 is 3.15. The third-order valence-corrected chi connectivity index (χ3v) is 2.42. The minimum Gasteiger partial charge on any atom is -0.482 e. The van der Waals surface area contributed by atoms with E-state index in [4.69, 9.17) is 9.84 Å². The van der Waals surface area contributed by atoms with Gasteiger partial charge in [-0.3, -0.25) is 4.79 Å². The first kappa shape index (κ1) is 14.0. The van der Waals surface area contributed by atoms with Crippen molar-refractivity contribution in [3.63, 3.8) is 0 Å².